The van der Waals surface area contributed by atoms with E-state index < -0.39 is 0 Å². The number of amides is 1. The van der Waals surface area contributed by atoms with Gasteiger partial charge in [0.2, 0.25) is 5.91 Å². The minimum Gasteiger partial charge on any atom is -0.348 e. The minimum absolute atomic E-state index is 0.00395. The van der Waals surface area contributed by atoms with Crippen LogP contribution in [0.2, 0.25) is 0 Å². The van der Waals surface area contributed by atoms with Crippen LogP contribution in [-0.4, -0.2) is 21.2 Å². The molecule has 8 heteroatoms. The van der Waals surface area contributed by atoms with Gasteiger partial charge >= 0.3 is 0 Å². The molecule has 0 aromatic carbocycles. The Labute approximate surface area is 163 Å². The number of carbonyl (C=O) groups excluding carboxylic acids is 1. The van der Waals surface area contributed by atoms with Crippen LogP contribution in [-0.2, 0) is 24.7 Å². The lowest BCUT2D eigenvalue weighted by Gasteiger charge is -2.12. The monoisotopic (exact) mass is 405 g/mol. The van der Waals surface area contributed by atoms with Crippen LogP contribution >= 0.6 is 34.4 Å². The van der Waals surface area contributed by atoms with Crippen molar-refractivity contribution in [3.8, 4) is 0 Å². The average molecular weight is 406 g/mol. The molecule has 0 aliphatic heterocycles. The van der Waals surface area contributed by atoms with Gasteiger partial charge in [-0.15, -0.1) is 22.7 Å². The summed E-state index contributed by atoms with van der Waals surface area (Å²) in [5.41, 5.74) is 1.20. The number of nitrogens with one attached hydrogen (secondary N) is 1. The third kappa shape index (κ3) is 3.21. The topological polar surface area (TPSA) is 64.0 Å². The maximum absolute atomic E-state index is 12.8. The number of aromatic nitrogens is 2. The molecular weight excluding hydrogens is 386 g/mol. The second-order valence-electron chi connectivity index (χ2n) is 6.39. The largest absolute Gasteiger partial charge is 0.348 e. The summed E-state index contributed by atoms with van der Waals surface area (Å²) in [4.78, 5) is 32.9. The van der Waals surface area contributed by atoms with E-state index in [-0.39, 0.29) is 23.3 Å². The fourth-order valence-electron chi connectivity index (χ4n) is 3.26. The number of rotatable bonds is 5. The molecule has 0 radical (unpaired) electrons. The fraction of sp³-hybridized carbons (Fsp3) is 0.389. The average Bonchev–Trinajstić information content (AvgIpc) is 3.32. The van der Waals surface area contributed by atoms with E-state index in [2.05, 4.69) is 10.3 Å². The van der Waals surface area contributed by atoms with Crippen molar-refractivity contribution in [3.05, 3.63) is 43.2 Å². The predicted octanol–water partition coefficient (Wildman–Crippen LogP) is 3.51. The van der Waals surface area contributed by atoms with Crippen molar-refractivity contribution in [1.82, 2.24) is 14.9 Å². The molecule has 4 rings (SSSR count). The molecule has 1 amide bonds. The first-order valence-electron chi connectivity index (χ1n) is 8.51. The van der Waals surface area contributed by atoms with E-state index in [4.69, 9.17) is 0 Å². The van der Waals surface area contributed by atoms with Gasteiger partial charge < -0.3 is 5.32 Å². The number of hydrogen-bond donors (Lipinski definition) is 1. The van der Waals surface area contributed by atoms with Gasteiger partial charge in [-0.05, 0) is 43.2 Å². The third-order valence-corrected chi connectivity index (χ3v) is 7.86. The standard InChI is InChI=1S/C18H19N3O2S3/c1-10(12-7-4-8-24-12)19-14(22)9-25-18-20-16-15(17(23)21(18)2)11-5-3-6-13(11)26-16/h4,7-8,10H,3,5-6,9H2,1-2H3,(H,19,22)/t10-/m1/s1. The van der Waals surface area contributed by atoms with E-state index in [1.165, 1.54) is 22.2 Å². The molecule has 3 aromatic heterocycles. The maximum atomic E-state index is 12.8. The smallest absolute Gasteiger partial charge is 0.262 e. The Balaban J connectivity index is 1.50. The number of thiophene rings is 2. The number of fused-ring (bicyclic) bond motifs is 3. The number of carbonyl (C=O) groups is 1. The number of nitrogens with zero attached hydrogens (tertiary/aromatic N) is 2. The second kappa shape index (κ2) is 7.17. The second-order valence-corrected chi connectivity index (χ2v) is 9.39. The SMILES string of the molecule is C[C@@H](NC(=O)CSc1nc2sc3c(c2c(=O)n1C)CCC3)c1cccs1. The molecule has 1 aliphatic rings. The summed E-state index contributed by atoms with van der Waals surface area (Å²) in [5.74, 6) is 0.186. The van der Waals surface area contributed by atoms with E-state index in [0.717, 1.165) is 34.4 Å². The van der Waals surface area contributed by atoms with Crippen LogP contribution in [0.1, 0.15) is 34.7 Å². The van der Waals surface area contributed by atoms with Crippen molar-refractivity contribution in [2.75, 3.05) is 5.75 Å². The molecule has 3 heterocycles. The molecule has 1 atom stereocenters. The van der Waals surface area contributed by atoms with Crippen LogP contribution in [0.15, 0.2) is 27.5 Å². The van der Waals surface area contributed by atoms with Gasteiger partial charge in [0.15, 0.2) is 5.16 Å². The summed E-state index contributed by atoms with van der Waals surface area (Å²) >= 11 is 4.57. The molecule has 0 saturated carbocycles. The lowest BCUT2D eigenvalue weighted by molar-refractivity contribution is -0.119. The molecule has 0 unspecified atom stereocenters. The van der Waals surface area contributed by atoms with Crippen LogP contribution in [0.5, 0.6) is 0 Å². The van der Waals surface area contributed by atoms with Crippen LogP contribution in [0.4, 0.5) is 0 Å². The Morgan fingerprint density at radius 3 is 3.08 bits per heavy atom. The third-order valence-electron chi connectivity index (χ3n) is 4.59. The van der Waals surface area contributed by atoms with Gasteiger partial charge in [-0.1, -0.05) is 17.8 Å². The molecule has 0 fully saturated rings. The molecule has 5 nitrogen and oxygen atoms in total. The highest BCUT2D eigenvalue weighted by Crippen LogP contribution is 2.35. The Morgan fingerprint density at radius 1 is 1.46 bits per heavy atom. The Morgan fingerprint density at radius 2 is 2.31 bits per heavy atom. The van der Waals surface area contributed by atoms with Gasteiger partial charge in [-0.3, -0.25) is 14.2 Å². The molecule has 0 saturated heterocycles. The van der Waals surface area contributed by atoms with Crippen molar-refractivity contribution >= 4 is 50.6 Å². The zero-order chi connectivity index (χ0) is 18.3. The highest BCUT2D eigenvalue weighted by atomic mass is 32.2. The summed E-state index contributed by atoms with van der Waals surface area (Å²) in [6.07, 6.45) is 3.14. The number of hydrogen-bond acceptors (Lipinski definition) is 6. The summed E-state index contributed by atoms with van der Waals surface area (Å²) in [6, 6.07) is 3.98. The lowest BCUT2D eigenvalue weighted by Crippen LogP contribution is -2.28. The highest BCUT2D eigenvalue weighted by molar-refractivity contribution is 7.99. The molecule has 3 aromatic rings. The van der Waals surface area contributed by atoms with E-state index in [0.29, 0.717) is 5.16 Å². The minimum atomic E-state index is -0.0566. The zero-order valence-corrected chi connectivity index (χ0v) is 17.0. The van der Waals surface area contributed by atoms with Crippen LogP contribution in [0.25, 0.3) is 10.2 Å². The van der Waals surface area contributed by atoms with Gasteiger partial charge in [-0.2, -0.15) is 0 Å². The first-order chi connectivity index (χ1) is 12.5. The Bertz CT molecular complexity index is 1020. The van der Waals surface area contributed by atoms with E-state index in [9.17, 15) is 9.59 Å². The summed E-state index contributed by atoms with van der Waals surface area (Å²) < 4.78 is 1.58. The normalized spacial score (nSPS) is 14.5. The van der Waals surface area contributed by atoms with Gasteiger partial charge in [0, 0.05) is 16.8 Å². The van der Waals surface area contributed by atoms with Gasteiger partial charge in [-0.25, -0.2) is 4.98 Å². The van der Waals surface area contributed by atoms with E-state index >= 15 is 0 Å². The van der Waals surface area contributed by atoms with Crippen molar-refractivity contribution in [1.29, 1.82) is 0 Å². The molecular formula is C18H19N3O2S3. The highest BCUT2D eigenvalue weighted by Gasteiger charge is 2.22. The fourth-order valence-corrected chi connectivity index (χ4v) is 6.08. The van der Waals surface area contributed by atoms with Crippen molar-refractivity contribution < 1.29 is 4.79 Å². The zero-order valence-electron chi connectivity index (χ0n) is 14.6. The van der Waals surface area contributed by atoms with Gasteiger partial charge in [0.25, 0.3) is 5.56 Å². The van der Waals surface area contributed by atoms with Crippen molar-refractivity contribution in [3.63, 3.8) is 0 Å². The maximum Gasteiger partial charge on any atom is 0.262 e. The molecule has 26 heavy (non-hydrogen) atoms. The number of thioether (sulfide) groups is 1. The van der Waals surface area contributed by atoms with E-state index in [1.807, 2.05) is 24.4 Å². The Hall–Kier alpha value is -1.64. The molecule has 1 N–H and O–H groups in total. The van der Waals surface area contributed by atoms with Gasteiger partial charge in [0.05, 0.1) is 17.2 Å². The van der Waals surface area contributed by atoms with Crippen LogP contribution in [0, 0.1) is 0 Å². The van der Waals surface area contributed by atoms with Crippen molar-refractivity contribution in [2.24, 2.45) is 7.05 Å². The summed E-state index contributed by atoms with van der Waals surface area (Å²) in [6.45, 7) is 1.97. The summed E-state index contributed by atoms with van der Waals surface area (Å²) in [5, 5.41) is 6.37. The Kier molecular flexibility index (Phi) is 4.90. The lowest BCUT2D eigenvalue weighted by atomic mass is 10.2. The van der Waals surface area contributed by atoms with Crippen LogP contribution < -0.4 is 10.9 Å². The van der Waals surface area contributed by atoms with Crippen molar-refractivity contribution in [2.45, 2.75) is 37.4 Å². The van der Waals surface area contributed by atoms with E-state index in [1.54, 1.807) is 34.3 Å². The quantitative estimate of drug-likeness (QED) is 0.521. The molecule has 136 valence electrons. The predicted molar refractivity (Wildman–Crippen MR) is 108 cm³/mol. The van der Waals surface area contributed by atoms with Crippen LogP contribution in [0.3, 0.4) is 0 Å². The molecule has 0 spiro atoms. The number of aryl methyl sites for hydroxylation is 2. The first kappa shape index (κ1) is 17.8. The first-order valence-corrected chi connectivity index (χ1v) is 11.2. The van der Waals surface area contributed by atoms with Gasteiger partial charge in [0.1, 0.15) is 4.83 Å². The molecule has 1 aliphatic carbocycles. The molecule has 0 bridgehead atoms. The summed E-state index contributed by atoms with van der Waals surface area (Å²) in [7, 11) is 1.74.